The minimum Gasteiger partial charge on any atom is -0.465 e. The fourth-order valence-corrected chi connectivity index (χ4v) is 3.84. The van der Waals surface area contributed by atoms with Crippen LogP contribution < -0.4 is 0 Å². The van der Waals surface area contributed by atoms with Gasteiger partial charge in [-0.1, -0.05) is 42.1 Å². The van der Waals surface area contributed by atoms with Gasteiger partial charge in [-0.15, -0.1) is 10.2 Å². The Morgan fingerprint density at radius 2 is 1.89 bits per heavy atom. The van der Waals surface area contributed by atoms with Gasteiger partial charge in [0, 0.05) is 19.2 Å². The van der Waals surface area contributed by atoms with Crippen LogP contribution in [0.1, 0.15) is 43.5 Å². The predicted octanol–water partition coefficient (Wildman–Crippen LogP) is 3.11. The second-order valence-electron chi connectivity index (χ2n) is 6.45. The molecule has 0 aliphatic rings. The number of esters is 1. The fraction of sp³-hybridized carbons (Fsp3) is 0.300. The number of nitrogens with zero attached hydrogens (tertiary/aromatic N) is 3. The van der Waals surface area contributed by atoms with Gasteiger partial charge in [0.15, 0.2) is 10.9 Å². The van der Waals surface area contributed by atoms with Crippen LogP contribution in [-0.4, -0.2) is 44.4 Å². The maximum atomic E-state index is 12.7. The minimum absolute atomic E-state index is 0.103. The molecular formula is C20H22N4O3S. The molecule has 0 saturated carbocycles. The van der Waals surface area contributed by atoms with Crippen LogP contribution in [0.2, 0.25) is 0 Å². The van der Waals surface area contributed by atoms with E-state index in [9.17, 15) is 9.59 Å². The second-order valence-corrected chi connectivity index (χ2v) is 7.39. The van der Waals surface area contributed by atoms with E-state index < -0.39 is 5.97 Å². The number of rotatable bonds is 7. The van der Waals surface area contributed by atoms with Crippen LogP contribution in [0.15, 0.2) is 35.5 Å². The monoisotopic (exact) mass is 398 g/mol. The largest absolute Gasteiger partial charge is 0.465 e. The number of aryl methyl sites for hydroxylation is 1. The van der Waals surface area contributed by atoms with Gasteiger partial charge in [0.1, 0.15) is 5.82 Å². The Balaban J connectivity index is 1.70. The lowest BCUT2D eigenvalue weighted by molar-refractivity contribution is 0.0599. The Kier molecular flexibility index (Phi) is 5.99. The summed E-state index contributed by atoms with van der Waals surface area (Å²) in [5.74, 6) is 0.477. The van der Waals surface area contributed by atoms with Crippen LogP contribution in [-0.2, 0) is 18.2 Å². The summed E-state index contributed by atoms with van der Waals surface area (Å²) in [6, 6.07) is 10.0. The third kappa shape index (κ3) is 4.01. The number of H-pyrrole nitrogens is 1. The first-order valence-electron chi connectivity index (χ1n) is 8.78. The molecular weight excluding hydrogens is 376 g/mol. The number of Topliss-reactive ketones (excluding diaryl/α,β-unsaturated/α-hetero) is 1. The highest BCUT2D eigenvalue weighted by atomic mass is 32.2. The molecule has 7 nitrogen and oxygen atoms in total. The molecule has 3 aromatic rings. The van der Waals surface area contributed by atoms with E-state index in [1.54, 1.807) is 13.8 Å². The quantitative estimate of drug-likeness (QED) is 0.374. The van der Waals surface area contributed by atoms with Crippen molar-refractivity contribution in [2.24, 2.45) is 7.05 Å². The lowest BCUT2D eigenvalue weighted by Crippen LogP contribution is -2.08. The number of ketones is 1. The van der Waals surface area contributed by atoms with Crippen LogP contribution in [0.5, 0.6) is 0 Å². The smallest absolute Gasteiger partial charge is 0.339 e. The van der Waals surface area contributed by atoms with Crippen molar-refractivity contribution in [2.75, 3.05) is 12.9 Å². The Morgan fingerprint density at radius 3 is 2.57 bits per heavy atom. The van der Waals surface area contributed by atoms with Crippen molar-refractivity contribution in [3.05, 3.63) is 64.2 Å². The van der Waals surface area contributed by atoms with E-state index in [1.807, 2.05) is 41.9 Å². The van der Waals surface area contributed by atoms with Gasteiger partial charge in [0.2, 0.25) is 0 Å². The second kappa shape index (κ2) is 8.43. The van der Waals surface area contributed by atoms with Crippen molar-refractivity contribution in [2.45, 2.75) is 25.4 Å². The molecule has 8 heteroatoms. The third-order valence-electron chi connectivity index (χ3n) is 4.57. The average Bonchev–Trinajstić information content (AvgIpc) is 3.19. The molecule has 0 amide bonds. The summed E-state index contributed by atoms with van der Waals surface area (Å²) in [6.07, 6.45) is 0.677. The number of hydrogen-bond donors (Lipinski definition) is 1. The standard InChI is InChI=1S/C20H22N4O3S/c1-12-17(19(26)27-4)13(2)21-18(12)15(25)11-28-20-23-22-16(24(20)3)10-14-8-6-5-7-9-14/h5-9,21H,10-11H2,1-4H3. The van der Waals surface area contributed by atoms with E-state index in [1.165, 1.54) is 18.9 Å². The van der Waals surface area contributed by atoms with Crippen molar-refractivity contribution < 1.29 is 14.3 Å². The van der Waals surface area contributed by atoms with Crippen molar-refractivity contribution in [3.8, 4) is 0 Å². The molecule has 1 N–H and O–H groups in total. The summed E-state index contributed by atoms with van der Waals surface area (Å²) < 4.78 is 6.69. The van der Waals surface area contributed by atoms with E-state index >= 15 is 0 Å². The van der Waals surface area contributed by atoms with Gasteiger partial charge in [-0.05, 0) is 25.0 Å². The molecule has 0 bridgehead atoms. The molecule has 0 atom stereocenters. The summed E-state index contributed by atoms with van der Waals surface area (Å²) in [5, 5.41) is 9.12. The Morgan fingerprint density at radius 1 is 1.18 bits per heavy atom. The Hall–Kier alpha value is -2.87. The van der Waals surface area contributed by atoms with E-state index in [0.717, 1.165) is 11.4 Å². The zero-order valence-corrected chi connectivity index (χ0v) is 17.1. The first-order chi connectivity index (χ1) is 13.4. The molecule has 0 spiro atoms. The van der Waals surface area contributed by atoms with Gasteiger partial charge < -0.3 is 14.3 Å². The molecule has 0 aliphatic carbocycles. The third-order valence-corrected chi connectivity index (χ3v) is 5.59. The maximum Gasteiger partial charge on any atom is 0.339 e. The van der Waals surface area contributed by atoms with Gasteiger partial charge in [0.25, 0.3) is 0 Å². The summed E-state index contributed by atoms with van der Waals surface area (Å²) in [7, 11) is 3.22. The zero-order valence-electron chi connectivity index (χ0n) is 16.3. The number of methoxy groups -OCH3 is 1. The number of hydrogen-bond acceptors (Lipinski definition) is 6. The van der Waals surface area contributed by atoms with Gasteiger partial charge in [0.05, 0.1) is 24.1 Å². The van der Waals surface area contributed by atoms with E-state index in [-0.39, 0.29) is 11.5 Å². The van der Waals surface area contributed by atoms with Gasteiger partial charge >= 0.3 is 5.97 Å². The first kappa shape index (κ1) is 19.9. The van der Waals surface area contributed by atoms with Crippen LogP contribution in [0.25, 0.3) is 0 Å². The molecule has 0 unspecified atom stereocenters. The van der Waals surface area contributed by atoms with E-state index in [4.69, 9.17) is 4.74 Å². The van der Waals surface area contributed by atoms with E-state index in [0.29, 0.717) is 34.1 Å². The number of carbonyl (C=O) groups excluding carboxylic acids is 2. The molecule has 2 heterocycles. The molecule has 0 aliphatic heterocycles. The molecule has 1 aromatic carbocycles. The summed E-state index contributed by atoms with van der Waals surface area (Å²) in [6.45, 7) is 3.50. The topological polar surface area (TPSA) is 89.9 Å². The van der Waals surface area contributed by atoms with Crippen LogP contribution in [0, 0.1) is 13.8 Å². The number of thioether (sulfide) groups is 1. The van der Waals surface area contributed by atoms with Crippen molar-refractivity contribution >= 4 is 23.5 Å². The highest BCUT2D eigenvalue weighted by Crippen LogP contribution is 2.23. The number of carbonyl (C=O) groups is 2. The number of aromatic nitrogens is 4. The zero-order chi connectivity index (χ0) is 20.3. The predicted molar refractivity (Wildman–Crippen MR) is 107 cm³/mol. The molecule has 0 fully saturated rings. The highest BCUT2D eigenvalue weighted by molar-refractivity contribution is 7.99. The van der Waals surface area contributed by atoms with Crippen LogP contribution in [0.4, 0.5) is 0 Å². The number of ether oxygens (including phenoxy) is 1. The Bertz CT molecular complexity index is 1010. The number of aromatic amines is 1. The summed E-state index contributed by atoms with van der Waals surface area (Å²) >= 11 is 1.32. The highest BCUT2D eigenvalue weighted by Gasteiger charge is 2.23. The summed E-state index contributed by atoms with van der Waals surface area (Å²) in [4.78, 5) is 27.6. The minimum atomic E-state index is -0.447. The average molecular weight is 398 g/mol. The summed E-state index contributed by atoms with van der Waals surface area (Å²) in [5.41, 5.74) is 3.23. The van der Waals surface area contributed by atoms with E-state index in [2.05, 4.69) is 15.2 Å². The van der Waals surface area contributed by atoms with Gasteiger partial charge in [-0.2, -0.15) is 0 Å². The molecule has 28 heavy (non-hydrogen) atoms. The number of nitrogens with one attached hydrogen (secondary N) is 1. The molecule has 2 aromatic heterocycles. The molecule has 0 saturated heterocycles. The van der Waals surface area contributed by atoms with Crippen molar-refractivity contribution in [3.63, 3.8) is 0 Å². The fourth-order valence-electron chi connectivity index (χ4n) is 3.04. The number of benzene rings is 1. The lowest BCUT2D eigenvalue weighted by Gasteiger charge is -2.04. The normalized spacial score (nSPS) is 10.9. The Labute approximate surface area is 167 Å². The molecule has 3 rings (SSSR count). The van der Waals surface area contributed by atoms with Crippen molar-refractivity contribution in [1.29, 1.82) is 0 Å². The van der Waals surface area contributed by atoms with Crippen molar-refractivity contribution in [1.82, 2.24) is 19.7 Å². The van der Waals surface area contributed by atoms with Crippen LogP contribution in [0.3, 0.4) is 0 Å². The molecule has 146 valence electrons. The molecule has 0 radical (unpaired) electrons. The lowest BCUT2D eigenvalue weighted by atomic mass is 10.1. The van der Waals surface area contributed by atoms with Crippen LogP contribution >= 0.6 is 11.8 Å². The first-order valence-corrected chi connectivity index (χ1v) is 9.76. The SMILES string of the molecule is COC(=O)c1c(C)[nH]c(C(=O)CSc2nnc(Cc3ccccc3)n2C)c1C. The maximum absolute atomic E-state index is 12.7. The van der Waals surface area contributed by atoms with Gasteiger partial charge in [-0.3, -0.25) is 4.79 Å². The van der Waals surface area contributed by atoms with Gasteiger partial charge in [-0.25, -0.2) is 4.79 Å².